The van der Waals surface area contributed by atoms with E-state index in [4.69, 9.17) is 20.5 Å². The van der Waals surface area contributed by atoms with Crippen molar-refractivity contribution >= 4 is 21.7 Å². The SMILES string of the molecule is CS(=O)(=O)OC1(c2ccc(Cl)c(CNC3(c4cnccc4-c4ccccc4OC4CC4)CC3)c2)CC1. The van der Waals surface area contributed by atoms with Gasteiger partial charge >= 0.3 is 0 Å². The minimum atomic E-state index is -3.56. The van der Waals surface area contributed by atoms with Gasteiger partial charge < -0.3 is 10.1 Å². The van der Waals surface area contributed by atoms with Crippen LogP contribution in [0.4, 0.5) is 0 Å². The van der Waals surface area contributed by atoms with E-state index >= 15 is 0 Å². The number of nitrogens with one attached hydrogen (secondary N) is 1. The van der Waals surface area contributed by atoms with E-state index in [1.807, 2.05) is 48.8 Å². The normalized spacial score (nSPS) is 19.6. The van der Waals surface area contributed by atoms with Gasteiger partial charge in [-0.15, -0.1) is 0 Å². The molecule has 8 heteroatoms. The molecule has 0 saturated heterocycles. The summed E-state index contributed by atoms with van der Waals surface area (Å²) in [5.41, 5.74) is 4.19. The summed E-state index contributed by atoms with van der Waals surface area (Å²) in [6, 6.07) is 16.0. The summed E-state index contributed by atoms with van der Waals surface area (Å²) < 4.78 is 35.2. The van der Waals surface area contributed by atoms with Gasteiger partial charge in [-0.2, -0.15) is 8.42 Å². The minimum Gasteiger partial charge on any atom is -0.490 e. The molecule has 0 spiro atoms. The first-order valence-corrected chi connectivity index (χ1v) is 14.6. The molecule has 1 heterocycles. The molecule has 0 amide bonds. The Labute approximate surface area is 217 Å². The Morgan fingerprint density at radius 2 is 1.83 bits per heavy atom. The fourth-order valence-electron chi connectivity index (χ4n) is 4.92. The number of ether oxygens (including phenoxy) is 1. The lowest BCUT2D eigenvalue weighted by atomic mass is 9.94. The van der Waals surface area contributed by atoms with Crippen LogP contribution in [0, 0.1) is 0 Å². The van der Waals surface area contributed by atoms with Crippen molar-refractivity contribution in [1.82, 2.24) is 10.3 Å². The molecule has 0 bridgehead atoms. The third-order valence-electron chi connectivity index (χ3n) is 7.29. The summed E-state index contributed by atoms with van der Waals surface area (Å²) in [6.07, 6.45) is 10.8. The van der Waals surface area contributed by atoms with Crippen LogP contribution in [0.5, 0.6) is 5.75 Å². The molecule has 188 valence electrons. The monoisotopic (exact) mass is 524 g/mol. The topological polar surface area (TPSA) is 77.5 Å². The highest BCUT2D eigenvalue weighted by Crippen LogP contribution is 2.52. The van der Waals surface area contributed by atoms with Gasteiger partial charge in [0.25, 0.3) is 10.1 Å². The highest BCUT2D eigenvalue weighted by molar-refractivity contribution is 7.86. The van der Waals surface area contributed by atoms with E-state index in [9.17, 15) is 8.42 Å². The molecular formula is C28H29ClN2O4S. The average Bonchev–Trinajstić information content (AvgIpc) is 3.70. The van der Waals surface area contributed by atoms with Crippen LogP contribution in [0.15, 0.2) is 60.9 Å². The Balaban J connectivity index is 1.26. The predicted molar refractivity (Wildman–Crippen MR) is 139 cm³/mol. The second kappa shape index (κ2) is 8.84. The van der Waals surface area contributed by atoms with Crippen molar-refractivity contribution in [2.45, 2.75) is 62.3 Å². The number of halogens is 1. The average molecular weight is 525 g/mol. The third kappa shape index (κ3) is 4.90. The predicted octanol–water partition coefficient (Wildman–Crippen LogP) is 5.69. The largest absolute Gasteiger partial charge is 0.490 e. The second-order valence-electron chi connectivity index (χ2n) is 10.3. The maximum absolute atomic E-state index is 11.8. The van der Waals surface area contributed by atoms with Gasteiger partial charge in [0.2, 0.25) is 0 Å². The van der Waals surface area contributed by atoms with Gasteiger partial charge in [-0.05, 0) is 79.0 Å². The van der Waals surface area contributed by atoms with Gasteiger partial charge in [0.05, 0.1) is 12.4 Å². The molecule has 1 aromatic heterocycles. The molecule has 1 N–H and O–H groups in total. The molecule has 3 aliphatic carbocycles. The van der Waals surface area contributed by atoms with Crippen LogP contribution in [0.3, 0.4) is 0 Å². The van der Waals surface area contributed by atoms with E-state index in [-0.39, 0.29) is 5.54 Å². The third-order valence-corrected chi connectivity index (χ3v) is 8.28. The lowest BCUT2D eigenvalue weighted by Crippen LogP contribution is -2.29. The number of hydrogen-bond acceptors (Lipinski definition) is 6. The van der Waals surface area contributed by atoms with E-state index in [0.29, 0.717) is 30.5 Å². The van der Waals surface area contributed by atoms with Crippen molar-refractivity contribution in [3.63, 3.8) is 0 Å². The van der Waals surface area contributed by atoms with Crippen LogP contribution in [0.25, 0.3) is 11.1 Å². The molecule has 6 nitrogen and oxygen atoms in total. The Hall–Kier alpha value is -2.45. The summed E-state index contributed by atoms with van der Waals surface area (Å²) in [7, 11) is -3.56. The lowest BCUT2D eigenvalue weighted by Gasteiger charge is -2.23. The molecule has 0 unspecified atom stereocenters. The standard InChI is InChI=1S/C28H29ClN2O4S/c1-36(32,33)35-28(13-14-28)20-6-9-25(29)19(16-20)17-31-27(11-12-27)24-18-30-15-10-22(24)23-4-2-3-5-26(23)34-21-7-8-21/h2-6,9-10,15-16,18,21,31H,7-8,11-14,17H2,1H3. The van der Waals surface area contributed by atoms with Crippen molar-refractivity contribution in [3.8, 4) is 16.9 Å². The number of rotatable bonds is 10. The summed E-state index contributed by atoms with van der Waals surface area (Å²) in [6.45, 7) is 0.552. The first kappa shape index (κ1) is 23.9. The van der Waals surface area contributed by atoms with Gasteiger partial charge in [-0.1, -0.05) is 41.9 Å². The van der Waals surface area contributed by atoms with E-state index in [2.05, 4.69) is 22.4 Å². The zero-order valence-electron chi connectivity index (χ0n) is 20.2. The van der Waals surface area contributed by atoms with Crippen LogP contribution in [0.1, 0.15) is 55.2 Å². The number of para-hydroxylation sites is 1. The number of nitrogens with zero attached hydrogens (tertiary/aromatic N) is 1. The second-order valence-corrected chi connectivity index (χ2v) is 12.2. The van der Waals surface area contributed by atoms with Gasteiger partial charge in [0, 0.05) is 35.1 Å². The van der Waals surface area contributed by atoms with Crippen LogP contribution < -0.4 is 10.1 Å². The Kier molecular flexibility index (Phi) is 5.87. The molecular weight excluding hydrogens is 496 g/mol. The maximum atomic E-state index is 11.8. The first-order valence-electron chi connectivity index (χ1n) is 12.4. The number of benzene rings is 2. The molecule has 3 aliphatic rings. The molecule has 0 atom stereocenters. The molecule has 0 aliphatic heterocycles. The van der Waals surface area contributed by atoms with E-state index in [1.165, 1.54) is 0 Å². The molecule has 3 saturated carbocycles. The van der Waals surface area contributed by atoms with Crippen LogP contribution in [-0.4, -0.2) is 25.8 Å². The zero-order valence-corrected chi connectivity index (χ0v) is 21.7. The van der Waals surface area contributed by atoms with Crippen LogP contribution in [-0.2, 0) is 32.0 Å². The smallest absolute Gasteiger partial charge is 0.265 e. The van der Waals surface area contributed by atoms with Crippen molar-refractivity contribution in [2.24, 2.45) is 0 Å². The van der Waals surface area contributed by atoms with E-state index < -0.39 is 15.7 Å². The van der Waals surface area contributed by atoms with Crippen molar-refractivity contribution in [3.05, 3.63) is 82.6 Å². The van der Waals surface area contributed by atoms with Crippen molar-refractivity contribution < 1.29 is 17.3 Å². The van der Waals surface area contributed by atoms with Gasteiger partial charge in [0.15, 0.2) is 0 Å². The summed E-state index contributed by atoms with van der Waals surface area (Å²) in [5.74, 6) is 0.916. The van der Waals surface area contributed by atoms with Crippen LogP contribution >= 0.6 is 11.6 Å². The Morgan fingerprint density at radius 3 is 2.53 bits per heavy atom. The zero-order chi connectivity index (χ0) is 25.0. The lowest BCUT2D eigenvalue weighted by molar-refractivity contribution is 0.191. The van der Waals surface area contributed by atoms with E-state index in [1.54, 1.807) is 0 Å². The highest BCUT2D eigenvalue weighted by atomic mass is 35.5. The number of hydrogen-bond donors (Lipinski definition) is 1. The number of aromatic nitrogens is 1. The van der Waals surface area contributed by atoms with Crippen molar-refractivity contribution in [1.29, 1.82) is 0 Å². The molecule has 3 aromatic rings. The molecule has 3 fully saturated rings. The summed E-state index contributed by atoms with van der Waals surface area (Å²) in [5, 5.41) is 4.39. The summed E-state index contributed by atoms with van der Waals surface area (Å²) >= 11 is 6.57. The minimum absolute atomic E-state index is 0.198. The fourth-order valence-corrected chi connectivity index (χ4v) is 5.94. The maximum Gasteiger partial charge on any atom is 0.265 e. The highest BCUT2D eigenvalue weighted by Gasteiger charge is 2.49. The molecule has 6 rings (SSSR count). The fraction of sp³-hybridized carbons (Fsp3) is 0.393. The molecule has 36 heavy (non-hydrogen) atoms. The number of pyridine rings is 1. The Bertz CT molecular complexity index is 1410. The first-order chi connectivity index (χ1) is 17.3. The van der Waals surface area contributed by atoms with Crippen LogP contribution in [0.2, 0.25) is 5.02 Å². The van der Waals surface area contributed by atoms with E-state index in [0.717, 1.165) is 65.5 Å². The van der Waals surface area contributed by atoms with Gasteiger partial charge in [-0.3, -0.25) is 9.17 Å². The van der Waals surface area contributed by atoms with Gasteiger partial charge in [0.1, 0.15) is 11.4 Å². The molecule has 0 radical (unpaired) electrons. The summed E-state index contributed by atoms with van der Waals surface area (Å²) in [4.78, 5) is 4.46. The van der Waals surface area contributed by atoms with Crippen molar-refractivity contribution in [2.75, 3.05) is 6.26 Å². The Morgan fingerprint density at radius 1 is 1.06 bits per heavy atom. The quantitative estimate of drug-likeness (QED) is 0.343. The van der Waals surface area contributed by atoms with Gasteiger partial charge in [-0.25, -0.2) is 0 Å². The molecule has 2 aromatic carbocycles.